The second kappa shape index (κ2) is 9.06. The fraction of sp³-hybridized carbons (Fsp3) is 0.588. The molecule has 20 heavy (non-hydrogen) atoms. The number of thioether (sulfide) groups is 1. The van der Waals surface area contributed by atoms with Crippen molar-refractivity contribution in [3.05, 3.63) is 36.5 Å². The summed E-state index contributed by atoms with van der Waals surface area (Å²) in [6, 6.07) is 0. The lowest BCUT2D eigenvalue weighted by Gasteiger charge is -2.36. The van der Waals surface area contributed by atoms with Gasteiger partial charge < -0.3 is 4.90 Å². The molecule has 1 unspecified atom stereocenters. The average molecular weight is 292 g/mol. The van der Waals surface area contributed by atoms with Crippen LogP contribution in [0.1, 0.15) is 40.5 Å². The molecule has 1 heterocycles. The van der Waals surface area contributed by atoms with E-state index in [1.807, 2.05) is 24.8 Å². The molecule has 1 rings (SSSR count). The lowest BCUT2D eigenvalue weighted by atomic mass is 9.96. The number of hydrogen-bond acceptors (Lipinski definition) is 3. The molecule has 112 valence electrons. The van der Waals surface area contributed by atoms with Gasteiger partial charge in [0, 0.05) is 12.3 Å². The third kappa shape index (κ3) is 4.86. The predicted octanol–water partition coefficient (Wildman–Crippen LogP) is 4.66. The van der Waals surface area contributed by atoms with Gasteiger partial charge in [0.25, 0.3) is 0 Å². The molecule has 0 saturated heterocycles. The van der Waals surface area contributed by atoms with Crippen molar-refractivity contribution in [1.82, 2.24) is 4.90 Å². The fourth-order valence-electron chi connectivity index (χ4n) is 2.27. The molecule has 0 N–H and O–H groups in total. The minimum atomic E-state index is 0.165. The van der Waals surface area contributed by atoms with Gasteiger partial charge in [-0.05, 0) is 33.6 Å². The molecule has 1 aliphatic heterocycles. The summed E-state index contributed by atoms with van der Waals surface area (Å²) in [5.41, 5.74) is 0.165. The molecule has 1 aliphatic rings. The number of rotatable bonds is 7. The number of hydrogen-bond donors (Lipinski definition) is 0. The van der Waals surface area contributed by atoms with Crippen LogP contribution in [0.5, 0.6) is 0 Å². The van der Waals surface area contributed by atoms with Crippen LogP contribution in [0, 0.1) is 0 Å². The molecule has 0 amide bonds. The quantitative estimate of drug-likeness (QED) is 0.501. The first-order chi connectivity index (χ1) is 9.68. The van der Waals surface area contributed by atoms with Crippen molar-refractivity contribution in [1.29, 1.82) is 0 Å². The Kier molecular flexibility index (Phi) is 7.75. The van der Waals surface area contributed by atoms with Gasteiger partial charge in [-0.15, -0.1) is 0 Å². The van der Waals surface area contributed by atoms with E-state index in [-0.39, 0.29) is 5.54 Å². The van der Waals surface area contributed by atoms with Crippen molar-refractivity contribution in [2.75, 3.05) is 18.8 Å². The molecule has 0 fully saturated rings. The van der Waals surface area contributed by atoms with Crippen LogP contribution in [-0.2, 0) is 0 Å². The van der Waals surface area contributed by atoms with Crippen LogP contribution in [-0.4, -0.2) is 34.4 Å². The van der Waals surface area contributed by atoms with Crippen LogP contribution in [0.15, 0.2) is 41.4 Å². The number of allylic oxidation sites excluding steroid dienone is 4. The Bertz CT molecular complexity index is 396. The van der Waals surface area contributed by atoms with E-state index in [2.05, 4.69) is 56.1 Å². The molecule has 1 atom stereocenters. The Hall–Kier alpha value is -0.960. The molecule has 0 aromatic rings. The van der Waals surface area contributed by atoms with E-state index >= 15 is 0 Å². The maximum atomic E-state index is 4.78. The van der Waals surface area contributed by atoms with Gasteiger partial charge in [0.15, 0.2) is 5.17 Å². The van der Waals surface area contributed by atoms with Crippen LogP contribution in [0.3, 0.4) is 0 Å². The SMILES string of the molecule is CC=CC=CCSC1=NCC(C)(CC=CC)N1CCC. The Labute approximate surface area is 128 Å². The molecular weight excluding hydrogens is 264 g/mol. The maximum absolute atomic E-state index is 4.78. The summed E-state index contributed by atoms with van der Waals surface area (Å²) in [4.78, 5) is 7.28. The third-order valence-corrected chi connectivity index (χ3v) is 4.39. The summed E-state index contributed by atoms with van der Waals surface area (Å²) in [6.45, 7) is 10.7. The first-order valence-corrected chi connectivity index (χ1v) is 8.50. The third-order valence-electron chi connectivity index (χ3n) is 3.43. The normalized spacial score (nSPS) is 23.6. The summed E-state index contributed by atoms with van der Waals surface area (Å²) in [5.74, 6) is 0.989. The zero-order chi connectivity index (χ0) is 14.8. The van der Waals surface area contributed by atoms with E-state index in [0.29, 0.717) is 0 Å². The summed E-state index contributed by atoms with van der Waals surface area (Å²) in [6.07, 6.45) is 15.1. The Balaban J connectivity index is 2.62. The first-order valence-electron chi connectivity index (χ1n) is 7.51. The molecule has 0 saturated carbocycles. The molecule has 0 bridgehead atoms. The van der Waals surface area contributed by atoms with Crippen LogP contribution in [0.2, 0.25) is 0 Å². The summed E-state index contributed by atoms with van der Waals surface area (Å²) < 4.78 is 0. The molecule has 0 aromatic heterocycles. The number of amidine groups is 1. The van der Waals surface area contributed by atoms with Gasteiger partial charge in [0.1, 0.15) is 0 Å². The minimum absolute atomic E-state index is 0.165. The van der Waals surface area contributed by atoms with Gasteiger partial charge in [-0.1, -0.05) is 55.1 Å². The lowest BCUT2D eigenvalue weighted by molar-refractivity contribution is 0.230. The van der Waals surface area contributed by atoms with E-state index in [4.69, 9.17) is 4.99 Å². The molecular formula is C17H28N2S. The van der Waals surface area contributed by atoms with Gasteiger partial charge >= 0.3 is 0 Å². The molecule has 0 radical (unpaired) electrons. The number of aliphatic imine (C=N–C) groups is 1. The Morgan fingerprint density at radius 3 is 2.70 bits per heavy atom. The van der Waals surface area contributed by atoms with Crippen molar-refractivity contribution < 1.29 is 0 Å². The average Bonchev–Trinajstić information content (AvgIpc) is 2.75. The fourth-order valence-corrected chi connectivity index (χ4v) is 3.25. The van der Waals surface area contributed by atoms with E-state index in [1.165, 1.54) is 11.6 Å². The van der Waals surface area contributed by atoms with Crippen molar-refractivity contribution in [3.8, 4) is 0 Å². The molecule has 0 aliphatic carbocycles. The first kappa shape index (κ1) is 17.1. The van der Waals surface area contributed by atoms with Crippen LogP contribution in [0.4, 0.5) is 0 Å². The number of nitrogens with zero attached hydrogens (tertiary/aromatic N) is 2. The highest BCUT2D eigenvalue weighted by Gasteiger charge is 2.37. The van der Waals surface area contributed by atoms with Crippen molar-refractivity contribution in [2.24, 2.45) is 4.99 Å². The maximum Gasteiger partial charge on any atom is 0.160 e. The second-order valence-corrected chi connectivity index (χ2v) is 6.27. The molecule has 0 aromatic carbocycles. The summed E-state index contributed by atoms with van der Waals surface area (Å²) >= 11 is 1.85. The minimum Gasteiger partial charge on any atom is -0.344 e. The summed E-state index contributed by atoms with van der Waals surface area (Å²) in [7, 11) is 0. The van der Waals surface area contributed by atoms with Crippen molar-refractivity contribution in [3.63, 3.8) is 0 Å². The van der Waals surface area contributed by atoms with E-state index in [0.717, 1.165) is 25.3 Å². The highest BCUT2D eigenvalue weighted by atomic mass is 32.2. The van der Waals surface area contributed by atoms with Crippen molar-refractivity contribution >= 4 is 16.9 Å². The van der Waals surface area contributed by atoms with Gasteiger partial charge in [0.2, 0.25) is 0 Å². The zero-order valence-electron chi connectivity index (χ0n) is 13.3. The highest BCUT2D eigenvalue weighted by molar-refractivity contribution is 8.13. The topological polar surface area (TPSA) is 15.6 Å². The monoisotopic (exact) mass is 292 g/mol. The molecule has 3 heteroatoms. The van der Waals surface area contributed by atoms with E-state index < -0.39 is 0 Å². The predicted molar refractivity (Wildman–Crippen MR) is 93.5 cm³/mol. The Morgan fingerprint density at radius 2 is 2.05 bits per heavy atom. The Morgan fingerprint density at radius 1 is 1.25 bits per heavy atom. The van der Waals surface area contributed by atoms with Gasteiger partial charge in [-0.2, -0.15) is 0 Å². The molecule has 0 spiro atoms. The van der Waals surface area contributed by atoms with Crippen molar-refractivity contribution in [2.45, 2.75) is 46.1 Å². The van der Waals surface area contributed by atoms with Crippen LogP contribution >= 0.6 is 11.8 Å². The van der Waals surface area contributed by atoms with Gasteiger partial charge in [-0.25, -0.2) is 0 Å². The van der Waals surface area contributed by atoms with E-state index in [9.17, 15) is 0 Å². The van der Waals surface area contributed by atoms with Crippen LogP contribution < -0.4 is 0 Å². The zero-order valence-corrected chi connectivity index (χ0v) is 14.1. The van der Waals surface area contributed by atoms with Gasteiger partial charge in [-0.3, -0.25) is 4.99 Å². The smallest absolute Gasteiger partial charge is 0.160 e. The lowest BCUT2D eigenvalue weighted by Crippen LogP contribution is -2.46. The molecule has 2 nitrogen and oxygen atoms in total. The van der Waals surface area contributed by atoms with Gasteiger partial charge in [0.05, 0.1) is 12.1 Å². The van der Waals surface area contributed by atoms with Crippen LogP contribution in [0.25, 0.3) is 0 Å². The standard InChI is InChI=1S/C17H28N2S/c1-5-8-10-11-14-20-16-18-15-17(4,12-9-6-2)19(16)13-7-3/h5-6,8-11H,7,12-15H2,1-4H3. The largest absolute Gasteiger partial charge is 0.344 e. The highest BCUT2D eigenvalue weighted by Crippen LogP contribution is 2.31. The van der Waals surface area contributed by atoms with E-state index in [1.54, 1.807) is 0 Å². The second-order valence-electron chi connectivity index (χ2n) is 5.29. The summed E-state index contributed by atoms with van der Waals surface area (Å²) in [5, 5.41) is 1.21.